The molecule has 0 radical (unpaired) electrons. The zero-order valence-corrected chi connectivity index (χ0v) is 8.78. The number of nitrogens with two attached hydrogens (primary N) is 1. The molecule has 15 heavy (non-hydrogen) atoms. The van der Waals surface area contributed by atoms with Crippen molar-refractivity contribution in [3.05, 3.63) is 23.9 Å². The fourth-order valence-corrected chi connectivity index (χ4v) is 2.20. The van der Waals surface area contributed by atoms with Gasteiger partial charge in [-0.2, -0.15) is 0 Å². The Bertz CT molecular complexity index is 356. The van der Waals surface area contributed by atoms with E-state index < -0.39 is 0 Å². The first-order chi connectivity index (χ1) is 7.25. The molecular weight excluding hydrogens is 188 g/mol. The number of anilines is 1. The van der Waals surface area contributed by atoms with Gasteiger partial charge in [0.05, 0.1) is 0 Å². The van der Waals surface area contributed by atoms with Crippen molar-refractivity contribution in [2.24, 2.45) is 5.92 Å². The molecule has 0 saturated heterocycles. The number of aromatic nitrogens is 1. The number of ketones is 1. The summed E-state index contributed by atoms with van der Waals surface area (Å²) in [5, 5.41) is 0. The quantitative estimate of drug-likeness (QED) is 0.818. The molecule has 0 unspecified atom stereocenters. The fourth-order valence-electron chi connectivity index (χ4n) is 2.20. The predicted octanol–water partition coefficient (Wildman–Crippen LogP) is 1.97. The van der Waals surface area contributed by atoms with Gasteiger partial charge < -0.3 is 5.73 Å². The van der Waals surface area contributed by atoms with Crippen LogP contribution in [0.15, 0.2) is 18.3 Å². The molecule has 0 bridgehead atoms. The summed E-state index contributed by atoms with van der Waals surface area (Å²) in [6, 6.07) is 3.65. The van der Waals surface area contributed by atoms with E-state index in [1.807, 2.05) is 6.07 Å². The van der Waals surface area contributed by atoms with E-state index in [1.54, 1.807) is 12.3 Å². The van der Waals surface area contributed by atoms with Gasteiger partial charge in [-0.1, -0.05) is 12.8 Å². The maximum absolute atomic E-state index is 11.9. The number of carbonyl (C=O) groups excluding carboxylic acids is 1. The molecule has 0 aromatic carbocycles. The lowest BCUT2D eigenvalue weighted by Gasteiger charge is -2.07. The van der Waals surface area contributed by atoms with Crippen LogP contribution in [-0.4, -0.2) is 10.8 Å². The van der Waals surface area contributed by atoms with Crippen molar-refractivity contribution >= 4 is 11.6 Å². The standard InChI is InChI=1S/C12H16N2O/c13-12-8-9(5-6-14-12)7-11(15)10-3-1-2-4-10/h5-6,8,10H,1-4,7H2,(H2,13,14). The molecule has 2 rings (SSSR count). The molecular formula is C12H16N2O. The molecule has 0 spiro atoms. The summed E-state index contributed by atoms with van der Waals surface area (Å²) in [4.78, 5) is 15.8. The number of rotatable bonds is 3. The number of carbonyl (C=O) groups is 1. The molecule has 3 heteroatoms. The Kier molecular flexibility index (Phi) is 2.99. The molecule has 0 aliphatic heterocycles. The second kappa shape index (κ2) is 4.43. The van der Waals surface area contributed by atoms with Crippen LogP contribution in [0, 0.1) is 5.92 Å². The summed E-state index contributed by atoms with van der Waals surface area (Å²) >= 11 is 0. The Morgan fingerprint density at radius 1 is 1.47 bits per heavy atom. The zero-order valence-electron chi connectivity index (χ0n) is 8.78. The number of nitrogens with zero attached hydrogens (tertiary/aromatic N) is 1. The van der Waals surface area contributed by atoms with Gasteiger partial charge in [0.2, 0.25) is 0 Å². The van der Waals surface area contributed by atoms with E-state index in [1.165, 1.54) is 12.8 Å². The first-order valence-electron chi connectivity index (χ1n) is 5.49. The van der Waals surface area contributed by atoms with Crippen LogP contribution in [0.3, 0.4) is 0 Å². The van der Waals surface area contributed by atoms with Crippen molar-refractivity contribution in [3.8, 4) is 0 Å². The van der Waals surface area contributed by atoms with Crippen LogP contribution in [0.5, 0.6) is 0 Å². The SMILES string of the molecule is Nc1cc(CC(=O)C2CCCC2)ccn1. The lowest BCUT2D eigenvalue weighted by Crippen LogP contribution is -2.13. The van der Waals surface area contributed by atoms with E-state index in [0.717, 1.165) is 18.4 Å². The van der Waals surface area contributed by atoms with Gasteiger partial charge in [0, 0.05) is 18.5 Å². The van der Waals surface area contributed by atoms with Crippen LogP contribution < -0.4 is 5.73 Å². The third kappa shape index (κ3) is 2.55. The van der Waals surface area contributed by atoms with Gasteiger partial charge >= 0.3 is 0 Å². The zero-order chi connectivity index (χ0) is 10.7. The van der Waals surface area contributed by atoms with Crippen molar-refractivity contribution in [2.75, 3.05) is 5.73 Å². The molecule has 1 aliphatic carbocycles. The minimum Gasteiger partial charge on any atom is -0.384 e. The van der Waals surface area contributed by atoms with Crippen LogP contribution in [0.25, 0.3) is 0 Å². The molecule has 1 aromatic heterocycles. The van der Waals surface area contributed by atoms with Gasteiger partial charge in [-0.15, -0.1) is 0 Å². The van der Waals surface area contributed by atoms with E-state index in [0.29, 0.717) is 23.9 Å². The lowest BCUT2D eigenvalue weighted by atomic mass is 9.97. The van der Waals surface area contributed by atoms with E-state index in [4.69, 9.17) is 5.73 Å². The Morgan fingerprint density at radius 3 is 2.87 bits per heavy atom. The summed E-state index contributed by atoms with van der Waals surface area (Å²) < 4.78 is 0. The Labute approximate surface area is 89.7 Å². The van der Waals surface area contributed by atoms with E-state index in [2.05, 4.69) is 4.98 Å². The molecule has 3 nitrogen and oxygen atoms in total. The van der Waals surface area contributed by atoms with Gasteiger partial charge in [0.1, 0.15) is 11.6 Å². The average Bonchev–Trinajstić information content (AvgIpc) is 2.70. The molecule has 2 N–H and O–H groups in total. The average molecular weight is 204 g/mol. The van der Waals surface area contributed by atoms with Crippen molar-refractivity contribution in [3.63, 3.8) is 0 Å². The smallest absolute Gasteiger partial charge is 0.140 e. The number of nitrogen functional groups attached to an aromatic ring is 1. The fraction of sp³-hybridized carbons (Fsp3) is 0.500. The highest BCUT2D eigenvalue weighted by Crippen LogP contribution is 2.26. The first kappa shape index (κ1) is 10.1. The second-order valence-electron chi connectivity index (χ2n) is 4.21. The van der Waals surface area contributed by atoms with Crippen molar-refractivity contribution in [2.45, 2.75) is 32.1 Å². The molecule has 0 atom stereocenters. The van der Waals surface area contributed by atoms with Gasteiger partial charge in [-0.3, -0.25) is 4.79 Å². The monoisotopic (exact) mass is 204 g/mol. The van der Waals surface area contributed by atoms with E-state index in [9.17, 15) is 4.79 Å². The summed E-state index contributed by atoms with van der Waals surface area (Å²) in [5.41, 5.74) is 6.55. The van der Waals surface area contributed by atoms with Crippen molar-refractivity contribution in [1.82, 2.24) is 4.98 Å². The summed E-state index contributed by atoms with van der Waals surface area (Å²) in [6.45, 7) is 0. The van der Waals surface area contributed by atoms with Crippen LogP contribution in [-0.2, 0) is 11.2 Å². The topological polar surface area (TPSA) is 56.0 Å². The van der Waals surface area contributed by atoms with Crippen LogP contribution in [0.1, 0.15) is 31.2 Å². The second-order valence-corrected chi connectivity index (χ2v) is 4.21. The van der Waals surface area contributed by atoms with Crippen LogP contribution in [0.2, 0.25) is 0 Å². The minimum absolute atomic E-state index is 0.291. The van der Waals surface area contributed by atoms with Gasteiger partial charge in [0.15, 0.2) is 0 Å². The molecule has 0 amide bonds. The highest BCUT2D eigenvalue weighted by Gasteiger charge is 2.22. The number of hydrogen-bond donors (Lipinski definition) is 1. The Morgan fingerprint density at radius 2 is 2.20 bits per heavy atom. The van der Waals surface area contributed by atoms with E-state index in [-0.39, 0.29) is 0 Å². The lowest BCUT2D eigenvalue weighted by molar-refractivity contribution is -0.122. The summed E-state index contributed by atoms with van der Waals surface area (Å²) in [5.74, 6) is 1.14. The normalized spacial score (nSPS) is 16.8. The maximum Gasteiger partial charge on any atom is 0.140 e. The first-order valence-corrected chi connectivity index (χ1v) is 5.49. The third-order valence-corrected chi connectivity index (χ3v) is 3.03. The van der Waals surface area contributed by atoms with Crippen LogP contribution in [0.4, 0.5) is 5.82 Å². The van der Waals surface area contributed by atoms with E-state index >= 15 is 0 Å². The number of pyridine rings is 1. The van der Waals surface area contributed by atoms with Crippen molar-refractivity contribution in [1.29, 1.82) is 0 Å². The highest BCUT2D eigenvalue weighted by molar-refractivity contribution is 5.83. The van der Waals surface area contributed by atoms with Crippen molar-refractivity contribution < 1.29 is 4.79 Å². The third-order valence-electron chi connectivity index (χ3n) is 3.03. The molecule has 1 fully saturated rings. The molecule has 1 aliphatic rings. The van der Waals surface area contributed by atoms with Gasteiger partial charge in [-0.05, 0) is 30.5 Å². The molecule has 1 aromatic rings. The predicted molar refractivity (Wildman–Crippen MR) is 59.3 cm³/mol. The molecule has 80 valence electrons. The Hall–Kier alpha value is -1.38. The maximum atomic E-state index is 11.9. The summed E-state index contributed by atoms with van der Waals surface area (Å²) in [6.07, 6.45) is 6.71. The number of Topliss-reactive ketones (excluding diaryl/α,β-unsaturated/α-hetero) is 1. The van der Waals surface area contributed by atoms with Gasteiger partial charge in [0.25, 0.3) is 0 Å². The Balaban J connectivity index is 1.99. The number of hydrogen-bond acceptors (Lipinski definition) is 3. The van der Waals surface area contributed by atoms with Crippen LogP contribution >= 0.6 is 0 Å². The van der Waals surface area contributed by atoms with Gasteiger partial charge in [-0.25, -0.2) is 4.98 Å². The molecule has 1 saturated carbocycles. The molecule has 1 heterocycles. The largest absolute Gasteiger partial charge is 0.384 e. The minimum atomic E-state index is 0.291. The highest BCUT2D eigenvalue weighted by atomic mass is 16.1. The summed E-state index contributed by atoms with van der Waals surface area (Å²) in [7, 11) is 0.